The highest BCUT2D eigenvalue weighted by molar-refractivity contribution is 6.82. The number of fused-ring (bicyclic) bond motifs is 1. The first-order chi connectivity index (χ1) is 10.3. The Balaban J connectivity index is 2.89. The van der Waals surface area contributed by atoms with Gasteiger partial charge in [0.2, 0.25) is 0 Å². The highest BCUT2D eigenvalue weighted by Crippen LogP contribution is 2.44. The minimum atomic E-state index is -1.95. The number of rotatable bonds is 5. The molecule has 1 heterocycles. The Bertz CT molecular complexity index is 666. The van der Waals surface area contributed by atoms with Gasteiger partial charge in [0, 0.05) is 22.7 Å². The Kier molecular flexibility index (Phi) is 4.61. The Morgan fingerprint density at radius 2 is 1.59 bits per heavy atom. The van der Waals surface area contributed by atoms with Gasteiger partial charge in [0.15, 0.2) is 14.5 Å². The van der Waals surface area contributed by atoms with Crippen molar-refractivity contribution in [2.75, 3.05) is 0 Å². The van der Waals surface area contributed by atoms with Crippen molar-refractivity contribution in [1.29, 1.82) is 0 Å². The molecule has 4 heteroatoms. The smallest absolute Gasteiger partial charge is 0.169 e. The minimum Gasteiger partial charge on any atom is -0.373 e. The molecule has 2 rings (SSSR count). The maximum atomic E-state index is 13.6. The van der Waals surface area contributed by atoms with Crippen LogP contribution in [0.4, 0.5) is 4.39 Å². The SMILES string of the molecule is CC(C)[Si](C(C)C)(C(C)C)n1cc(C=O)c2cc(F)ccc21. The molecule has 0 radical (unpaired) electrons. The highest BCUT2D eigenvalue weighted by atomic mass is 28.3. The van der Waals surface area contributed by atoms with Gasteiger partial charge in [-0.3, -0.25) is 4.79 Å². The lowest BCUT2D eigenvalue weighted by molar-refractivity contribution is 0.112. The molecule has 0 aliphatic carbocycles. The molecule has 0 amide bonds. The lowest BCUT2D eigenvalue weighted by Gasteiger charge is -2.44. The van der Waals surface area contributed by atoms with Crippen molar-refractivity contribution >= 4 is 25.4 Å². The van der Waals surface area contributed by atoms with Gasteiger partial charge in [0.05, 0.1) is 0 Å². The fraction of sp³-hybridized carbons (Fsp3) is 0.500. The molecule has 0 aliphatic rings. The average molecular weight is 319 g/mol. The van der Waals surface area contributed by atoms with Crippen LogP contribution in [0.15, 0.2) is 24.4 Å². The second kappa shape index (κ2) is 5.99. The molecular formula is C18H26FNOSi. The van der Waals surface area contributed by atoms with Crippen LogP contribution in [0.2, 0.25) is 16.6 Å². The Morgan fingerprint density at radius 3 is 2.05 bits per heavy atom. The van der Waals surface area contributed by atoms with E-state index >= 15 is 0 Å². The highest BCUT2D eigenvalue weighted by Gasteiger charge is 2.45. The number of hydrogen-bond donors (Lipinski definition) is 0. The van der Waals surface area contributed by atoms with E-state index in [9.17, 15) is 9.18 Å². The number of benzene rings is 1. The lowest BCUT2D eigenvalue weighted by atomic mass is 10.2. The summed E-state index contributed by atoms with van der Waals surface area (Å²) in [4.78, 5) is 11.5. The van der Waals surface area contributed by atoms with Crippen molar-refractivity contribution in [1.82, 2.24) is 4.23 Å². The Morgan fingerprint density at radius 1 is 1.05 bits per heavy atom. The quantitative estimate of drug-likeness (QED) is 0.518. The first kappa shape index (κ1) is 16.9. The fourth-order valence-corrected chi connectivity index (χ4v) is 11.1. The van der Waals surface area contributed by atoms with Crippen molar-refractivity contribution < 1.29 is 9.18 Å². The standard InChI is InChI=1S/C18H26FNOSi/c1-12(2)22(13(3)4,14(5)6)20-10-15(11-21)17-9-16(19)7-8-18(17)20/h7-14H,1-6H3. The number of carbonyl (C=O) groups excluding carboxylic acids is 1. The topological polar surface area (TPSA) is 22.0 Å². The van der Waals surface area contributed by atoms with Crippen molar-refractivity contribution in [3.8, 4) is 0 Å². The van der Waals surface area contributed by atoms with Gasteiger partial charge in [0.1, 0.15) is 5.82 Å². The molecule has 22 heavy (non-hydrogen) atoms. The van der Waals surface area contributed by atoms with Gasteiger partial charge in [-0.2, -0.15) is 0 Å². The molecule has 120 valence electrons. The fourth-order valence-electron chi connectivity index (χ4n) is 4.48. The van der Waals surface area contributed by atoms with Crippen LogP contribution in [0, 0.1) is 5.82 Å². The van der Waals surface area contributed by atoms with Gasteiger partial charge < -0.3 is 4.23 Å². The van der Waals surface area contributed by atoms with Gasteiger partial charge in [0.25, 0.3) is 0 Å². The van der Waals surface area contributed by atoms with Gasteiger partial charge in [-0.15, -0.1) is 0 Å². The predicted molar refractivity (Wildman–Crippen MR) is 93.7 cm³/mol. The van der Waals surface area contributed by atoms with Crippen LogP contribution in [0.3, 0.4) is 0 Å². The number of aldehydes is 1. The first-order valence-corrected chi connectivity index (χ1v) is 10.2. The summed E-state index contributed by atoms with van der Waals surface area (Å²) >= 11 is 0. The van der Waals surface area contributed by atoms with Gasteiger partial charge in [-0.05, 0) is 34.8 Å². The maximum absolute atomic E-state index is 13.6. The third kappa shape index (κ3) is 2.34. The number of carbonyl (C=O) groups is 1. The molecule has 0 fully saturated rings. The molecule has 0 saturated carbocycles. The van der Waals surface area contributed by atoms with E-state index < -0.39 is 8.24 Å². The molecule has 0 unspecified atom stereocenters. The average Bonchev–Trinajstić information content (AvgIpc) is 2.76. The van der Waals surface area contributed by atoms with E-state index in [1.807, 2.05) is 12.3 Å². The predicted octanol–water partition coefficient (Wildman–Crippen LogP) is 5.62. The molecule has 1 aromatic carbocycles. The zero-order valence-corrected chi connectivity index (χ0v) is 15.4. The van der Waals surface area contributed by atoms with E-state index in [0.717, 1.165) is 17.2 Å². The summed E-state index contributed by atoms with van der Waals surface area (Å²) in [6.07, 6.45) is 2.81. The molecule has 2 aromatic rings. The van der Waals surface area contributed by atoms with Crippen molar-refractivity contribution in [3.63, 3.8) is 0 Å². The molecule has 1 aromatic heterocycles. The Hall–Kier alpha value is -1.42. The van der Waals surface area contributed by atoms with Crippen molar-refractivity contribution in [2.24, 2.45) is 0 Å². The zero-order chi connectivity index (χ0) is 16.7. The largest absolute Gasteiger partial charge is 0.373 e. The monoisotopic (exact) mass is 319 g/mol. The van der Waals surface area contributed by atoms with E-state index in [2.05, 4.69) is 45.8 Å². The summed E-state index contributed by atoms with van der Waals surface area (Å²) < 4.78 is 16.0. The van der Waals surface area contributed by atoms with Crippen LogP contribution in [0.25, 0.3) is 10.9 Å². The summed E-state index contributed by atoms with van der Waals surface area (Å²) in [5, 5.41) is 0.730. The van der Waals surface area contributed by atoms with Crippen molar-refractivity contribution in [3.05, 3.63) is 35.8 Å². The second-order valence-electron chi connectivity index (χ2n) is 7.09. The summed E-state index contributed by atoms with van der Waals surface area (Å²) in [5.41, 5.74) is 3.15. The van der Waals surface area contributed by atoms with Crippen molar-refractivity contribution in [2.45, 2.75) is 58.2 Å². The van der Waals surface area contributed by atoms with Crippen LogP contribution in [0.1, 0.15) is 51.9 Å². The maximum Gasteiger partial charge on any atom is 0.169 e. The van der Waals surface area contributed by atoms with Crippen LogP contribution >= 0.6 is 0 Å². The number of aromatic nitrogens is 1. The van der Waals surface area contributed by atoms with E-state index in [1.165, 1.54) is 12.1 Å². The van der Waals surface area contributed by atoms with Crippen LogP contribution < -0.4 is 0 Å². The van der Waals surface area contributed by atoms with E-state index in [-0.39, 0.29) is 5.82 Å². The minimum absolute atomic E-state index is 0.292. The summed E-state index contributed by atoms with van der Waals surface area (Å²) in [6.45, 7) is 13.7. The van der Waals surface area contributed by atoms with Crippen LogP contribution in [0.5, 0.6) is 0 Å². The third-order valence-electron chi connectivity index (χ3n) is 5.12. The second-order valence-corrected chi connectivity index (χ2v) is 12.8. The van der Waals surface area contributed by atoms with E-state index in [1.54, 1.807) is 0 Å². The summed E-state index contributed by atoms with van der Waals surface area (Å²) in [6, 6.07) is 4.80. The molecule has 0 atom stereocenters. The number of nitrogens with zero attached hydrogens (tertiary/aromatic N) is 1. The molecule has 2 nitrogen and oxygen atoms in total. The molecule has 0 aliphatic heterocycles. The van der Waals surface area contributed by atoms with Gasteiger partial charge in [-0.1, -0.05) is 41.5 Å². The molecule has 0 spiro atoms. The van der Waals surface area contributed by atoms with Gasteiger partial charge in [-0.25, -0.2) is 4.39 Å². The molecule has 0 N–H and O–H groups in total. The normalized spacial score (nSPS) is 12.8. The summed E-state index contributed by atoms with van der Waals surface area (Å²) in [5.74, 6) is -0.292. The van der Waals surface area contributed by atoms with E-state index in [0.29, 0.717) is 22.2 Å². The zero-order valence-electron chi connectivity index (χ0n) is 14.4. The number of halogens is 1. The summed E-state index contributed by atoms with van der Waals surface area (Å²) in [7, 11) is -1.95. The number of hydrogen-bond acceptors (Lipinski definition) is 1. The molecule has 0 bridgehead atoms. The van der Waals surface area contributed by atoms with Crippen LogP contribution in [-0.4, -0.2) is 18.8 Å². The molecular weight excluding hydrogens is 293 g/mol. The third-order valence-corrected chi connectivity index (χ3v) is 11.9. The van der Waals surface area contributed by atoms with Gasteiger partial charge >= 0.3 is 0 Å². The van der Waals surface area contributed by atoms with Crippen LogP contribution in [-0.2, 0) is 0 Å². The Labute approximate surface area is 133 Å². The lowest BCUT2D eigenvalue weighted by Crippen LogP contribution is -2.51. The first-order valence-electron chi connectivity index (χ1n) is 8.03. The van der Waals surface area contributed by atoms with E-state index in [4.69, 9.17) is 0 Å². The molecule has 0 saturated heterocycles.